The number of aromatic nitrogens is 1. The van der Waals surface area contributed by atoms with E-state index in [1.807, 2.05) is 5.38 Å². The second-order valence-electron chi connectivity index (χ2n) is 4.64. The fourth-order valence-electron chi connectivity index (χ4n) is 1.29. The Bertz CT molecular complexity index is 254. The van der Waals surface area contributed by atoms with Gasteiger partial charge in [-0.3, -0.25) is 0 Å². The number of nitrogens with zero attached hydrogens (tertiary/aromatic N) is 1. The van der Waals surface area contributed by atoms with Crippen molar-refractivity contribution in [1.29, 1.82) is 0 Å². The molecule has 1 heterocycles. The maximum absolute atomic E-state index is 9.70. The molecule has 1 aromatic heterocycles. The Kier molecular flexibility index (Phi) is 3.89. The fraction of sp³-hybridized carbons (Fsp3) is 0.700. The second-order valence-corrected chi connectivity index (χ2v) is 5.53. The average molecular weight is 214 g/mol. The monoisotopic (exact) mass is 214 g/mol. The van der Waals surface area contributed by atoms with E-state index in [0.29, 0.717) is 6.54 Å². The first-order valence-electron chi connectivity index (χ1n) is 4.79. The van der Waals surface area contributed by atoms with Crippen LogP contribution in [0.4, 0.5) is 5.13 Å². The molecule has 0 bridgehead atoms. The molecule has 0 amide bonds. The summed E-state index contributed by atoms with van der Waals surface area (Å²) in [6.45, 7) is 6.95. The minimum atomic E-state index is -0.307. The Labute approximate surface area is 89.2 Å². The third-order valence-electron chi connectivity index (χ3n) is 1.77. The van der Waals surface area contributed by atoms with Gasteiger partial charge in [0.15, 0.2) is 5.13 Å². The lowest BCUT2D eigenvalue weighted by Crippen LogP contribution is -2.25. The topological polar surface area (TPSA) is 45.1 Å². The summed E-state index contributed by atoms with van der Waals surface area (Å²) >= 11 is 1.55. The molecule has 80 valence electrons. The smallest absolute Gasteiger partial charge is 0.182 e. The lowest BCUT2D eigenvalue weighted by atomic mass is 9.89. The third kappa shape index (κ3) is 4.58. The minimum absolute atomic E-state index is 0.171. The molecular formula is C10H18N2OS. The molecule has 3 nitrogen and oxygen atoms in total. The largest absolute Gasteiger partial charge is 0.391 e. The van der Waals surface area contributed by atoms with E-state index in [9.17, 15) is 5.11 Å². The van der Waals surface area contributed by atoms with Crippen molar-refractivity contribution in [1.82, 2.24) is 4.98 Å². The highest BCUT2D eigenvalue weighted by Crippen LogP contribution is 2.21. The first-order chi connectivity index (χ1) is 6.47. The van der Waals surface area contributed by atoms with E-state index in [2.05, 4.69) is 31.1 Å². The van der Waals surface area contributed by atoms with Crippen LogP contribution in [0.25, 0.3) is 0 Å². The maximum atomic E-state index is 9.70. The number of thiazole rings is 1. The van der Waals surface area contributed by atoms with E-state index in [1.54, 1.807) is 17.5 Å². The van der Waals surface area contributed by atoms with Crippen molar-refractivity contribution in [2.75, 3.05) is 11.9 Å². The Morgan fingerprint density at radius 3 is 2.79 bits per heavy atom. The van der Waals surface area contributed by atoms with Crippen LogP contribution in [0.3, 0.4) is 0 Å². The SMILES string of the molecule is CC(C)(C)CC(O)CNc1nccs1. The highest BCUT2D eigenvalue weighted by Gasteiger charge is 2.16. The average Bonchev–Trinajstić information content (AvgIpc) is 2.49. The van der Waals surface area contributed by atoms with E-state index in [0.717, 1.165) is 11.6 Å². The van der Waals surface area contributed by atoms with Crippen molar-refractivity contribution in [2.45, 2.75) is 33.3 Å². The molecule has 0 aliphatic heterocycles. The van der Waals surface area contributed by atoms with Crippen molar-refractivity contribution in [3.05, 3.63) is 11.6 Å². The Morgan fingerprint density at radius 2 is 2.29 bits per heavy atom. The molecule has 0 fully saturated rings. The number of hydrogen-bond donors (Lipinski definition) is 2. The fourth-order valence-corrected chi connectivity index (χ4v) is 1.83. The molecule has 0 saturated heterocycles. The zero-order valence-electron chi connectivity index (χ0n) is 8.95. The highest BCUT2D eigenvalue weighted by molar-refractivity contribution is 7.13. The van der Waals surface area contributed by atoms with Crippen molar-refractivity contribution in [3.63, 3.8) is 0 Å². The van der Waals surface area contributed by atoms with Crippen LogP contribution in [0.15, 0.2) is 11.6 Å². The summed E-state index contributed by atoms with van der Waals surface area (Å²) < 4.78 is 0. The van der Waals surface area contributed by atoms with Crippen molar-refractivity contribution in [3.8, 4) is 0 Å². The summed E-state index contributed by atoms with van der Waals surface area (Å²) in [4.78, 5) is 4.08. The van der Waals surface area contributed by atoms with Gasteiger partial charge in [0.2, 0.25) is 0 Å². The summed E-state index contributed by atoms with van der Waals surface area (Å²) in [6.07, 6.45) is 2.24. The number of hydrogen-bond acceptors (Lipinski definition) is 4. The van der Waals surface area contributed by atoms with Gasteiger partial charge >= 0.3 is 0 Å². The summed E-state index contributed by atoms with van der Waals surface area (Å²) in [6, 6.07) is 0. The van der Waals surface area contributed by atoms with Gasteiger partial charge in [-0.1, -0.05) is 20.8 Å². The molecular weight excluding hydrogens is 196 g/mol. The first kappa shape index (κ1) is 11.5. The highest BCUT2D eigenvalue weighted by atomic mass is 32.1. The van der Waals surface area contributed by atoms with Crippen LogP contribution in [-0.4, -0.2) is 22.7 Å². The number of aliphatic hydroxyl groups excluding tert-OH is 1. The molecule has 0 aliphatic carbocycles. The number of anilines is 1. The van der Waals surface area contributed by atoms with Gasteiger partial charge in [-0.15, -0.1) is 11.3 Å². The Morgan fingerprint density at radius 1 is 1.57 bits per heavy atom. The standard InChI is InChI=1S/C10H18N2OS/c1-10(2,3)6-8(13)7-12-9-11-4-5-14-9/h4-5,8,13H,6-7H2,1-3H3,(H,11,12). The lowest BCUT2D eigenvalue weighted by molar-refractivity contribution is 0.132. The summed E-state index contributed by atoms with van der Waals surface area (Å²) in [7, 11) is 0. The summed E-state index contributed by atoms with van der Waals surface area (Å²) in [5, 5.41) is 15.6. The summed E-state index contributed by atoms with van der Waals surface area (Å²) in [5.41, 5.74) is 0.171. The van der Waals surface area contributed by atoms with Crippen LogP contribution < -0.4 is 5.32 Å². The van der Waals surface area contributed by atoms with Crippen LogP contribution in [0, 0.1) is 5.41 Å². The molecule has 2 N–H and O–H groups in total. The minimum Gasteiger partial charge on any atom is -0.391 e. The van der Waals surface area contributed by atoms with Crippen molar-refractivity contribution < 1.29 is 5.11 Å². The van der Waals surface area contributed by atoms with Gasteiger partial charge in [-0.2, -0.15) is 0 Å². The molecule has 0 aromatic carbocycles. The van der Waals surface area contributed by atoms with E-state index in [-0.39, 0.29) is 11.5 Å². The molecule has 0 spiro atoms. The van der Waals surface area contributed by atoms with Crippen LogP contribution in [0.2, 0.25) is 0 Å². The van der Waals surface area contributed by atoms with Crippen LogP contribution >= 0.6 is 11.3 Å². The predicted molar refractivity (Wildman–Crippen MR) is 60.7 cm³/mol. The predicted octanol–water partition coefficient (Wildman–Crippen LogP) is 2.35. The van der Waals surface area contributed by atoms with Gasteiger partial charge in [0, 0.05) is 18.1 Å². The van der Waals surface area contributed by atoms with Gasteiger partial charge in [0.1, 0.15) is 0 Å². The summed E-state index contributed by atoms with van der Waals surface area (Å²) in [5.74, 6) is 0. The van der Waals surface area contributed by atoms with E-state index in [1.165, 1.54) is 0 Å². The third-order valence-corrected chi connectivity index (χ3v) is 2.50. The molecule has 14 heavy (non-hydrogen) atoms. The maximum Gasteiger partial charge on any atom is 0.182 e. The van der Waals surface area contributed by atoms with Crippen molar-refractivity contribution in [2.24, 2.45) is 5.41 Å². The molecule has 4 heteroatoms. The molecule has 0 aliphatic rings. The van der Waals surface area contributed by atoms with E-state index < -0.39 is 0 Å². The molecule has 1 aromatic rings. The number of aliphatic hydroxyl groups is 1. The molecule has 0 saturated carbocycles. The van der Waals surface area contributed by atoms with Crippen LogP contribution in [0.1, 0.15) is 27.2 Å². The number of nitrogens with one attached hydrogen (secondary N) is 1. The molecule has 1 atom stereocenters. The normalized spacial score (nSPS) is 14.0. The van der Waals surface area contributed by atoms with E-state index >= 15 is 0 Å². The van der Waals surface area contributed by atoms with Gasteiger partial charge in [-0.25, -0.2) is 4.98 Å². The zero-order valence-corrected chi connectivity index (χ0v) is 9.77. The van der Waals surface area contributed by atoms with Crippen molar-refractivity contribution >= 4 is 16.5 Å². The lowest BCUT2D eigenvalue weighted by Gasteiger charge is -2.22. The first-order valence-corrected chi connectivity index (χ1v) is 5.67. The zero-order chi connectivity index (χ0) is 10.6. The Balaban J connectivity index is 2.25. The van der Waals surface area contributed by atoms with Gasteiger partial charge in [0.25, 0.3) is 0 Å². The molecule has 1 unspecified atom stereocenters. The second kappa shape index (κ2) is 4.75. The quantitative estimate of drug-likeness (QED) is 0.808. The van der Waals surface area contributed by atoms with Gasteiger partial charge in [-0.05, 0) is 11.8 Å². The van der Waals surface area contributed by atoms with Crippen LogP contribution in [0.5, 0.6) is 0 Å². The Hall–Kier alpha value is -0.610. The molecule has 0 radical (unpaired) electrons. The van der Waals surface area contributed by atoms with Gasteiger partial charge < -0.3 is 10.4 Å². The van der Waals surface area contributed by atoms with Gasteiger partial charge in [0.05, 0.1) is 6.10 Å². The number of rotatable bonds is 4. The van der Waals surface area contributed by atoms with E-state index in [4.69, 9.17) is 0 Å². The molecule has 1 rings (SSSR count). The van der Waals surface area contributed by atoms with Crippen LogP contribution in [-0.2, 0) is 0 Å².